The van der Waals surface area contributed by atoms with Gasteiger partial charge in [0, 0.05) is 5.41 Å². The van der Waals surface area contributed by atoms with Crippen LogP contribution in [0.3, 0.4) is 0 Å². The number of ether oxygens (including phenoxy) is 2. The third-order valence-electron chi connectivity index (χ3n) is 8.54. The Labute approximate surface area is 177 Å². The molecule has 6 nitrogen and oxygen atoms in total. The molecule has 3 saturated carbocycles. The van der Waals surface area contributed by atoms with Crippen molar-refractivity contribution in [2.75, 3.05) is 6.61 Å². The summed E-state index contributed by atoms with van der Waals surface area (Å²) in [6.07, 6.45) is 8.70. The molecule has 4 rings (SSSR count). The second kappa shape index (κ2) is 7.54. The summed E-state index contributed by atoms with van der Waals surface area (Å²) < 4.78 is 10.3. The second-order valence-corrected chi connectivity index (χ2v) is 9.95. The van der Waals surface area contributed by atoms with Gasteiger partial charge in [-0.2, -0.15) is 0 Å². The molecule has 164 valence electrons. The van der Waals surface area contributed by atoms with Crippen molar-refractivity contribution in [3.05, 3.63) is 23.5 Å². The average Bonchev–Trinajstić information content (AvgIpc) is 3.05. The van der Waals surface area contributed by atoms with Gasteiger partial charge in [0.1, 0.15) is 0 Å². The van der Waals surface area contributed by atoms with E-state index < -0.39 is 12.1 Å². The number of rotatable bonds is 4. The van der Waals surface area contributed by atoms with E-state index in [4.69, 9.17) is 9.47 Å². The Morgan fingerprint density at radius 2 is 1.93 bits per heavy atom. The summed E-state index contributed by atoms with van der Waals surface area (Å²) in [6.45, 7) is 6.47. The molecule has 4 aliphatic rings. The van der Waals surface area contributed by atoms with Crippen molar-refractivity contribution in [3.63, 3.8) is 0 Å². The van der Waals surface area contributed by atoms with Gasteiger partial charge in [0.05, 0.1) is 12.5 Å². The summed E-state index contributed by atoms with van der Waals surface area (Å²) in [5.74, 6) is -0.00230. The molecule has 0 bridgehead atoms. The van der Waals surface area contributed by atoms with Crippen molar-refractivity contribution in [1.29, 1.82) is 0 Å². The lowest BCUT2D eigenvalue weighted by atomic mass is 9.47. The van der Waals surface area contributed by atoms with Gasteiger partial charge >= 0.3 is 12.1 Å². The minimum atomic E-state index is -0.833. The van der Waals surface area contributed by atoms with Gasteiger partial charge in [-0.3, -0.25) is 9.59 Å². The molecule has 30 heavy (non-hydrogen) atoms. The zero-order chi connectivity index (χ0) is 21.7. The van der Waals surface area contributed by atoms with E-state index in [1.807, 2.05) is 13.0 Å². The average molecular weight is 417 g/mol. The predicted octanol–water partition coefficient (Wildman–Crippen LogP) is 4.89. The van der Waals surface area contributed by atoms with Gasteiger partial charge in [0.2, 0.25) is 5.78 Å². The molecule has 0 spiro atoms. The Morgan fingerprint density at radius 1 is 1.17 bits per heavy atom. The van der Waals surface area contributed by atoms with Crippen LogP contribution in [0.4, 0.5) is 4.79 Å². The standard InChI is InChI=1S/C24H32O6/c1-4-11-29-22(28)30-20-13-24(3)14(12-19(20)25)5-6-15-16-7-8-18(21(26)27)23(16,2)10-9-17(15)24/h12-13,15-18H,4-11H2,1-3H3,(H,26,27)/t15-,16-,17-,18+,23-,24-/m0/s1. The fraction of sp³-hybridized carbons (Fsp3) is 0.708. The predicted molar refractivity (Wildman–Crippen MR) is 109 cm³/mol. The highest BCUT2D eigenvalue weighted by atomic mass is 16.7. The number of ketones is 1. The normalized spacial score (nSPS) is 39.8. The highest BCUT2D eigenvalue weighted by Gasteiger charge is 2.60. The van der Waals surface area contributed by atoms with Crippen LogP contribution in [0.15, 0.2) is 23.5 Å². The Balaban J connectivity index is 1.60. The van der Waals surface area contributed by atoms with Gasteiger partial charge in [-0.25, -0.2) is 4.79 Å². The molecule has 4 aliphatic carbocycles. The Morgan fingerprint density at radius 3 is 2.63 bits per heavy atom. The Kier molecular flexibility index (Phi) is 5.31. The molecule has 0 aromatic carbocycles. The first-order valence-electron chi connectivity index (χ1n) is 11.3. The Hall–Kier alpha value is -2.11. The van der Waals surface area contributed by atoms with Gasteiger partial charge in [-0.05, 0) is 80.3 Å². The first-order chi connectivity index (χ1) is 14.2. The third-order valence-corrected chi connectivity index (χ3v) is 8.54. The third kappa shape index (κ3) is 3.19. The molecule has 1 N–H and O–H groups in total. The number of fused-ring (bicyclic) bond motifs is 5. The van der Waals surface area contributed by atoms with Gasteiger partial charge in [0.25, 0.3) is 0 Å². The summed E-state index contributed by atoms with van der Waals surface area (Å²) in [5, 5.41) is 9.74. The molecule has 6 heteroatoms. The van der Waals surface area contributed by atoms with Crippen molar-refractivity contribution in [1.82, 2.24) is 0 Å². The summed E-state index contributed by atoms with van der Waals surface area (Å²) in [6, 6.07) is 0. The number of carboxylic acids is 1. The van der Waals surface area contributed by atoms with Gasteiger partial charge in [-0.1, -0.05) is 26.3 Å². The van der Waals surface area contributed by atoms with Gasteiger partial charge < -0.3 is 14.6 Å². The lowest BCUT2D eigenvalue weighted by Gasteiger charge is -2.56. The molecule has 3 fully saturated rings. The second-order valence-electron chi connectivity index (χ2n) is 9.95. The number of hydrogen-bond donors (Lipinski definition) is 1. The lowest BCUT2D eigenvalue weighted by Crippen LogP contribution is -2.50. The molecule has 0 aliphatic heterocycles. The molecule has 0 amide bonds. The monoisotopic (exact) mass is 416 g/mol. The summed E-state index contributed by atoms with van der Waals surface area (Å²) >= 11 is 0. The Bertz CT molecular complexity index is 826. The van der Waals surface area contributed by atoms with Gasteiger partial charge in [-0.15, -0.1) is 0 Å². The van der Waals surface area contributed by atoms with E-state index >= 15 is 0 Å². The van der Waals surface area contributed by atoms with E-state index in [-0.39, 0.29) is 34.9 Å². The first-order valence-corrected chi connectivity index (χ1v) is 11.3. The molecular weight excluding hydrogens is 384 g/mol. The quantitative estimate of drug-likeness (QED) is 0.657. The van der Waals surface area contributed by atoms with Crippen LogP contribution in [0.25, 0.3) is 0 Å². The minimum absolute atomic E-state index is 0.0613. The van der Waals surface area contributed by atoms with E-state index in [2.05, 4.69) is 13.8 Å². The van der Waals surface area contributed by atoms with Crippen LogP contribution < -0.4 is 0 Å². The van der Waals surface area contributed by atoms with E-state index in [0.29, 0.717) is 24.2 Å². The van der Waals surface area contributed by atoms with E-state index in [9.17, 15) is 19.5 Å². The lowest BCUT2D eigenvalue weighted by molar-refractivity contribution is -0.148. The van der Waals surface area contributed by atoms with Crippen molar-refractivity contribution < 1.29 is 29.0 Å². The van der Waals surface area contributed by atoms with E-state index in [0.717, 1.165) is 44.1 Å². The number of carbonyl (C=O) groups excluding carboxylic acids is 2. The number of carbonyl (C=O) groups is 3. The molecule has 0 saturated heterocycles. The SMILES string of the molecule is CCCOC(=O)OC1=C[C@@]2(C)C(=CC1=O)CC[C@H]1[C@@H]3CC[C@H](C(=O)O)[C@@]3(C)CC[C@@H]12. The fourth-order valence-corrected chi connectivity index (χ4v) is 7.05. The maximum Gasteiger partial charge on any atom is 0.513 e. The van der Waals surface area contributed by atoms with Crippen LogP contribution in [-0.2, 0) is 19.1 Å². The van der Waals surface area contributed by atoms with Crippen molar-refractivity contribution in [3.8, 4) is 0 Å². The first kappa shape index (κ1) is 21.1. The zero-order valence-electron chi connectivity index (χ0n) is 18.1. The smallest absolute Gasteiger partial charge is 0.481 e. The zero-order valence-corrected chi connectivity index (χ0v) is 18.1. The van der Waals surface area contributed by atoms with Crippen molar-refractivity contribution in [2.45, 2.75) is 65.7 Å². The van der Waals surface area contributed by atoms with Crippen LogP contribution in [0.1, 0.15) is 65.7 Å². The fourth-order valence-electron chi connectivity index (χ4n) is 7.05. The minimum Gasteiger partial charge on any atom is -0.481 e. The largest absolute Gasteiger partial charge is 0.513 e. The number of carboxylic acid groups (broad SMARTS) is 1. The summed E-state index contributed by atoms with van der Waals surface area (Å²) in [5.41, 5.74) is 0.612. The highest BCUT2D eigenvalue weighted by molar-refractivity contribution is 6.05. The molecule has 0 aromatic rings. The summed E-state index contributed by atoms with van der Waals surface area (Å²) in [7, 11) is 0. The molecule has 0 aromatic heterocycles. The van der Waals surface area contributed by atoms with Crippen LogP contribution in [0, 0.1) is 34.5 Å². The van der Waals surface area contributed by atoms with Crippen LogP contribution in [0.5, 0.6) is 0 Å². The maximum absolute atomic E-state index is 12.6. The van der Waals surface area contributed by atoms with Crippen molar-refractivity contribution >= 4 is 17.9 Å². The van der Waals surface area contributed by atoms with Crippen LogP contribution in [-0.4, -0.2) is 29.6 Å². The molecule has 0 unspecified atom stereocenters. The molecule has 0 radical (unpaired) electrons. The molecular formula is C24H32O6. The molecule has 0 heterocycles. The van der Waals surface area contributed by atoms with E-state index in [1.54, 1.807) is 6.08 Å². The summed E-state index contributed by atoms with van der Waals surface area (Å²) in [4.78, 5) is 36.4. The number of hydrogen-bond acceptors (Lipinski definition) is 5. The number of aliphatic carboxylic acids is 1. The maximum atomic E-state index is 12.6. The van der Waals surface area contributed by atoms with Crippen LogP contribution >= 0.6 is 0 Å². The topological polar surface area (TPSA) is 89.9 Å². The number of allylic oxidation sites excluding steroid dienone is 3. The highest BCUT2D eigenvalue weighted by Crippen LogP contribution is 2.66. The molecule has 6 atom stereocenters. The van der Waals surface area contributed by atoms with Gasteiger partial charge in [0.15, 0.2) is 5.76 Å². The van der Waals surface area contributed by atoms with Crippen molar-refractivity contribution in [2.24, 2.45) is 34.5 Å². The van der Waals surface area contributed by atoms with E-state index in [1.165, 1.54) is 0 Å². The van der Waals surface area contributed by atoms with Crippen LogP contribution in [0.2, 0.25) is 0 Å².